The molecule has 1 aliphatic rings. The standard InChI is InChI=1S/C15H16FN3O2S/c1-11-9-13(16)3-4-14(11)22(20,21)19-8-5-12(10-19)15-17-6-2-7-18-15/h2-4,6-7,9,12H,5,8,10H2,1H3. The Morgan fingerprint density at radius 1 is 1.27 bits per heavy atom. The van der Waals surface area contributed by atoms with Crippen molar-refractivity contribution in [3.8, 4) is 0 Å². The van der Waals surface area contributed by atoms with Crippen LogP contribution in [0.2, 0.25) is 0 Å². The third-order valence-electron chi connectivity index (χ3n) is 3.86. The van der Waals surface area contributed by atoms with E-state index in [2.05, 4.69) is 9.97 Å². The smallest absolute Gasteiger partial charge is 0.241 e. The zero-order chi connectivity index (χ0) is 15.7. The second-order valence-corrected chi connectivity index (χ2v) is 7.27. The normalized spacial score (nSPS) is 19.5. The predicted molar refractivity (Wildman–Crippen MR) is 79.3 cm³/mol. The summed E-state index contributed by atoms with van der Waals surface area (Å²) in [7, 11) is -3.62. The fraction of sp³-hybridized carbons (Fsp3) is 0.333. The monoisotopic (exact) mass is 321 g/mol. The molecule has 7 heteroatoms. The summed E-state index contributed by atoms with van der Waals surface area (Å²) in [6, 6.07) is 5.47. The van der Waals surface area contributed by atoms with Crippen molar-refractivity contribution in [2.45, 2.75) is 24.2 Å². The maximum atomic E-state index is 13.2. The third-order valence-corrected chi connectivity index (χ3v) is 5.88. The van der Waals surface area contributed by atoms with Crippen molar-refractivity contribution in [2.75, 3.05) is 13.1 Å². The maximum Gasteiger partial charge on any atom is 0.243 e. The van der Waals surface area contributed by atoms with Crippen LogP contribution in [0.3, 0.4) is 0 Å². The van der Waals surface area contributed by atoms with Gasteiger partial charge in [-0.2, -0.15) is 4.31 Å². The molecular weight excluding hydrogens is 305 g/mol. The van der Waals surface area contributed by atoms with Crippen LogP contribution in [0, 0.1) is 12.7 Å². The van der Waals surface area contributed by atoms with Gasteiger partial charge in [0.2, 0.25) is 10.0 Å². The molecule has 1 saturated heterocycles. The quantitative estimate of drug-likeness (QED) is 0.868. The van der Waals surface area contributed by atoms with E-state index in [1.807, 2.05) is 0 Å². The van der Waals surface area contributed by atoms with Gasteiger partial charge in [0, 0.05) is 31.4 Å². The van der Waals surface area contributed by atoms with E-state index in [-0.39, 0.29) is 10.8 Å². The number of aryl methyl sites for hydroxylation is 1. The van der Waals surface area contributed by atoms with Gasteiger partial charge in [-0.25, -0.2) is 22.8 Å². The van der Waals surface area contributed by atoms with Gasteiger partial charge in [-0.1, -0.05) is 0 Å². The molecule has 0 spiro atoms. The summed E-state index contributed by atoms with van der Waals surface area (Å²) in [6.07, 6.45) is 4.00. The van der Waals surface area contributed by atoms with Gasteiger partial charge in [0.05, 0.1) is 4.90 Å². The summed E-state index contributed by atoms with van der Waals surface area (Å²) in [5.74, 6) is 0.223. The SMILES string of the molecule is Cc1cc(F)ccc1S(=O)(=O)N1CCC(c2ncccn2)C1. The molecule has 0 aliphatic carbocycles. The molecule has 0 amide bonds. The van der Waals surface area contributed by atoms with Crippen LogP contribution in [-0.4, -0.2) is 35.8 Å². The lowest BCUT2D eigenvalue weighted by Gasteiger charge is -2.17. The highest BCUT2D eigenvalue weighted by atomic mass is 32.2. The minimum Gasteiger partial charge on any atom is -0.241 e. The zero-order valence-electron chi connectivity index (χ0n) is 12.1. The number of hydrogen-bond acceptors (Lipinski definition) is 4. The molecule has 0 saturated carbocycles. The Morgan fingerprint density at radius 3 is 2.68 bits per heavy atom. The molecule has 1 aliphatic heterocycles. The topological polar surface area (TPSA) is 63.2 Å². The van der Waals surface area contributed by atoms with E-state index in [1.54, 1.807) is 25.4 Å². The zero-order valence-corrected chi connectivity index (χ0v) is 12.9. The van der Waals surface area contributed by atoms with Crippen LogP contribution in [0.5, 0.6) is 0 Å². The van der Waals surface area contributed by atoms with Crippen molar-refractivity contribution in [3.63, 3.8) is 0 Å². The average molecular weight is 321 g/mol. The van der Waals surface area contributed by atoms with Crippen LogP contribution in [0.1, 0.15) is 23.7 Å². The summed E-state index contributed by atoms with van der Waals surface area (Å²) in [6.45, 7) is 2.37. The summed E-state index contributed by atoms with van der Waals surface area (Å²) >= 11 is 0. The molecule has 1 aromatic carbocycles. The average Bonchev–Trinajstić information content (AvgIpc) is 2.98. The van der Waals surface area contributed by atoms with Crippen LogP contribution in [0.4, 0.5) is 4.39 Å². The summed E-state index contributed by atoms with van der Waals surface area (Å²) in [5, 5.41) is 0. The van der Waals surface area contributed by atoms with Gasteiger partial charge in [0.15, 0.2) is 0 Å². The van der Waals surface area contributed by atoms with E-state index in [0.29, 0.717) is 30.9 Å². The number of hydrogen-bond donors (Lipinski definition) is 0. The number of benzene rings is 1. The van der Waals surface area contributed by atoms with E-state index in [4.69, 9.17) is 0 Å². The minimum absolute atomic E-state index is 0.00303. The minimum atomic E-state index is -3.62. The fourth-order valence-electron chi connectivity index (χ4n) is 2.72. The van der Waals surface area contributed by atoms with Gasteiger partial charge in [-0.3, -0.25) is 0 Å². The molecule has 1 atom stereocenters. The van der Waals surface area contributed by atoms with Crippen molar-refractivity contribution < 1.29 is 12.8 Å². The first-order chi connectivity index (χ1) is 10.5. The van der Waals surface area contributed by atoms with E-state index < -0.39 is 15.8 Å². The van der Waals surface area contributed by atoms with Crippen molar-refractivity contribution >= 4 is 10.0 Å². The Morgan fingerprint density at radius 2 is 2.00 bits per heavy atom. The van der Waals surface area contributed by atoms with E-state index in [1.165, 1.54) is 22.5 Å². The molecule has 1 fully saturated rings. The number of halogens is 1. The second kappa shape index (κ2) is 5.73. The van der Waals surface area contributed by atoms with Crippen LogP contribution in [0.25, 0.3) is 0 Å². The molecule has 116 valence electrons. The fourth-order valence-corrected chi connectivity index (χ4v) is 4.43. The molecule has 1 aromatic heterocycles. The first kappa shape index (κ1) is 15.1. The van der Waals surface area contributed by atoms with Crippen LogP contribution in [-0.2, 0) is 10.0 Å². The Bertz CT molecular complexity index is 781. The third kappa shape index (κ3) is 2.74. The van der Waals surface area contributed by atoms with Crippen molar-refractivity contribution in [1.29, 1.82) is 0 Å². The Balaban J connectivity index is 1.85. The molecule has 2 aromatic rings. The van der Waals surface area contributed by atoms with Gasteiger partial charge in [-0.05, 0) is 43.2 Å². The Hall–Kier alpha value is -1.86. The predicted octanol–water partition coefficient (Wildman–Crippen LogP) is 2.10. The molecule has 0 radical (unpaired) electrons. The van der Waals surface area contributed by atoms with Gasteiger partial charge in [0.25, 0.3) is 0 Å². The van der Waals surface area contributed by atoms with Crippen LogP contribution in [0.15, 0.2) is 41.6 Å². The van der Waals surface area contributed by atoms with Crippen LogP contribution >= 0.6 is 0 Å². The summed E-state index contributed by atoms with van der Waals surface area (Å²) in [4.78, 5) is 8.55. The molecule has 3 rings (SSSR count). The molecule has 22 heavy (non-hydrogen) atoms. The highest BCUT2D eigenvalue weighted by molar-refractivity contribution is 7.89. The second-order valence-electron chi connectivity index (χ2n) is 5.37. The van der Waals surface area contributed by atoms with Gasteiger partial charge >= 0.3 is 0 Å². The number of rotatable bonds is 3. The van der Waals surface area contributed by atoms with Gasteiger partial charge < -0.3 is 0 Å². The van der Waals surface area contributed by atoms with E-state index in [9.17, 15) is 12.8 Å². The maximum absolute atomic E-state index is 13.2. The first-order valence-corrected chi connectivity index (χ1v) is 8.46. The molecule has 0 bridgehead atoms. The molecular formula is C15H16FN3O2S. The number of aromatic nitrogens is 2. The lowest BCUT2D eigenvalue weighted by Crippen LogP contribution is -2.29. The lowest BCUT2D eigenvalue weighted by atomic mass is 10.1. The van der Waals surface area contributed by atoms with Crippen molar-refractivity contribution in [2.24, 2.45) is 0 Å². The molecule has 5 nitrogen and oxygen atoms in total. The highest BCUT2D eigenvalue weighted by Gasteiger charge is 2.35. The molecule has 1 unspecified atom stereocenters. The van der Waals surface area contributed by atoms with E-state index in [0.717, 1.165) is 0 Å². The van der Waals surface area contributed by atoms with Gasteiger partial charge in [0.1, 0.15) is 11.6 Å². The van der Waals surface area contributed by atoms with Crippen LogP contribution < -0.4 is 0 Å². The van der Waals surface area contributed by atoms with Gasteiger partial charge in [-0.15, -0.1) is 0 Å². The van der Waals surface area contributed by atoms with E-state index >= 15 is 0 Å². The Labute approximate surface area is 128 Å². The largest absolute Gasteiger partial charge is 0.243 e. The highest BCUT2D eigenvalue weighted by Crippen LogP contribution is 2.30. The molecule has 0 N–H and O–H groups in total. The van der Waals surface area contributed by atoms with Crippen molar-refractivity contribution in [1.82, 2.24) is 14.3 Å². The summed E-state index contributed by atoms with van der Waals surface area (Å²) < 4.78 is 40.0. The Kier molecular flexibility index (Phi) is 3.92. The van der Waals surface area contributed by atoms with Crippen molar-refractivity contribution in [3.05, 3.63) is 53.9 Å². The molecule has 2 heterocycles. The lowest BCUT2D eigenvalue weighted by molar-refractivity contribution is 0.470. The first-order valence-electron chi connectivity index (χ1n) is 7.01. The number of sulfonamides is 1. The summed E-state index contributed by atoms with van der Waals surface area (Å²) in [5.41, 5.74) is 0.416. The number of nitrogens with zero attached hydrogens (tertiary/aromatic N) is 3.